The molecule has 118 valence electrons. The summed E-state index contributed by atoms with van der Waals surface area (Å²) in [6.45, 7) is 0. The topological polar surface area (TPSA) is 64.9 Å². The van der Waals surface area contributed by atoms with Crippen LogP contribution in [0.4, 0.5) is 5.95 Å². The van der Waals surface area contributed by atoms with Crippen LogP contribution >= 0.6 is 11.6 Å². The van der Waals surface area contributed by atoms with Crippen molar-refractivity contribution < 1.29 is 4.74 Å². The molecule has 0 aliphatic heterocycles. The summed E-state index contributed by atoms with van der Waals surface area (Å²) in [6.07, 6.45) is 3.63. The molecule has 3 rings (SSSR count). The lowest BCUT2D eigenvalue weighted by molar-refractivity contribution is 0.415. The summed E-state index contributed by atoms with van der Waals surface area (Å²) in [5, 5.41) is 8.08. The third-order valence-corrected chi connectivity index (χ3v) is 3.58. The molecule has 3 aromatic rings. The zero-order valence-corrected chi connectivity index (χ0v) is 13.8. The quantitative estimate of drug-likeness (QED) is 0.796. The Morgan fingerprint density at radius 2 is 2.09 bits per heavy atom. The highest BCUT2D eigenvalue weighted by molar-refractivity contribution is 6.31. The van der Waals surface area contributed by atoms with Crippen LogP contribution in [0.5, 0.6) is 5.75 Å². The molecule has 7 heteroatoms. The number of aromatic nitrogens is 4. The van der Waals surface area contributed by atoms with Crippen molar-refractivity contribution >= 4 is 17.5 Å². The normalized spacial score (nSPS) is 10.6. The number of anilines is 1. The van der Waals surface area contributed by atoms with Gasteiger partial charge in [-0.15, -0.1) is 0 Å². The first kappa shape index (κ1) is 15.3. The maximum absolute atomic E-state index is 6.18. The van der Waals surface area contributed by atoms with E-state index in [0.717, 1.165) is 22.5 Å². The minimum Gasteiger partial charge on any atom is -0.497 e. The van der Waals surface area contributed by atoms with Crippen molar-refractivity contribution in [3.05, 3.63) is 41.7 Å². The van der Waals surface area contributed by atoms with Gasteiger partial charge >= 0.3 is 0 Å². The number of hydrogen-bond acceptors (Lipinski definition) is 5. The van der Waals surface area contributed by atoms with Crippen LogP contribution < -0.4 is 10.1 Å². The van der Waals surface area contributed by atoms with Crippen molar-refractivity contribution in [2.24, 2.45) is 7.05 Å². The first-order valence-electron chi connectivity index (χ1n) is 7.00. The lowest BCUT2D eigenvalue weighted by atomic mass is 10.1. The lowest BCUT2D eigenvalue weighted by Crippen LogP contribution is -1.96. The van der Waals surface area contributed by atoms with Gasteiger partial charge in [0.25, 0.3) is 0 Å². The second-order valence-electron chi connectivity index (χ2n) is 4.96. The van der Waals surface area contributed by atoms with Gasteiger partial charge in [0.15, 0.2) is 0 Å². The zero-order valence-electron chi connectivity index (χ0n) is 13.0. The molecule has 0 aliphatic rings. The number of nitrogens with zero attached hydrogens (tertiary/aromatic N) is 4. The van der Waals surface area contributed by atoms with Crippen LogP contribution in [0.2, 0.25) is 5.02 Å². The maximum atomic E-state index is 6.18. The standard InChI is InChI=1S/C16H16ClN5O/c1-18-16-19-5-4-14(20-16)13-9-22(2)21-15(13)10-6-11(17)8-12(7-10)23-3/h4-9H,1-3H3,(H,18,19,20). The Kier molecular flexibility index (Phi) is 4.16. The molecule has 0 atom stereocenters. The van der Waals surface area contributed by atoms with Gasteiger partial charge in [-0.1, -0.05) is 11.6 Å². The molecule has 0 saturated carbocycles. The molecule has 0 aliphatic carbocycles. The summed E-state index contributed by atoms with van der Waals surface area (Å²) >= 11 is 6.18. The fourth-order valence-corrected chi connectivity index (χ4v) is 2.56. The predicted octanol–water partition coefficient (Wildman–Crippen LogP) is 3.25. The van der Waals surface area contributed by atoms with Gasteiger partial charge in [-0.2, -0.15) is 5.10 Å². The highest BCUT2D eigenvalue weighted by atomic mass is 35.5. The number of benzene rings is 1. The van der Waals surface area contributed by atoms with Crippen molar-refractivity contribution in [2.45, 2.75) is 0 Å². The van der Waals surface area contributed by atoms with Crippen LogP contribution in [0.1, 0.15) is 0 Å². The van der Waals surface area contributed by atoms with E-state index in [4.69, 9.17) is 16.3 Å². The number of ether oxygens (including phenoxy) is 1. The molecule has 23 heavy (non-hydrogen) atoms. The van der Waals surface area contributed by atoms with E-state index in [1.807, 2.05) is 31.4 Å². The molecule has 0 saturated heterocycles. The average Bonchev–Trinajstić information content (AvgIpc) is 2.96. The van der Waals surface area contributed by atoms with Crippen LogP contribution in [0.15, 0.2) is 36.7 Å². The van der Waals surface area contributed by atoms with E-state index in [0.29, 0.717) is 16.7 Å². The van der Waals surface area contributed by atoms with Gasteiger partial charge in [0.2, 0.25) is 5.95 Å². The van der Waals surface area contributed by atoms with Crippen molar-refractivity contribution in [3.63, 3.8) is 0 Å². The van der Waals surface area contributed by atoms with Crippen molar-refractivity contribution in [3.8, 4) is 28.3 Å². The summed E-state index contributed by atoms with van der Waals surface area (Å²) in [6, 6.07) is 7.37. The number of nitrogens with one attached hydrogen (secondary N) is 1. The third kappa shape index (κ3) is 3.12. The van der Waals surface area contributed by atoms with Gasteiger partial charge in [0.05, 0.1) is 12.8 Å². The van der Waals surface area contributed by atoms with Crippen LogP contribution in [0.3, 0.4) is 0 Å². The van der Waals surface area contributed by atoms with Crippen molar-refractivity contribution in [1.82, 2.24) is 19.7 Å². The van der Waals surface area contributed by atoms with Crippen LogP contribution in [-0.4, -0.2) is 33.9 Å². The Morgan fingerprint density at radius 3 is 2.83 bits per heavy atom. The van der Waals surface area contributed by atoms with Gasteiger partial charge in [0, 0.05) is 42.6 Å². The fourth-order valence-electron chi connectivity index (χ4n) is 2.34. The lowest BCUT2D eigenvalue weighted by Gasteiger charge is -2.07. The minimum atomic E-state index is 0.556. The summed E-state index contributed by atoms with van der Waals surface area (Å²) in [5.74, 6) is 1.24. The molecule has 6 nitrogen and oxygen atoms in total. The average molecular weight is 330 g/mol. The second-order valence-corrected chi connectivity index (χ2v) is 5.40. The largest absolute Gasteiger partial charge is 0.497 e. The summed E-state index contributed by atoms with van der Waals surface area (Å²) < 4.78 is 7.04. The van der Waals surface area contributed by atoms with Crippen LogP contribution in [0.25, 0.3) is 22.5 Å². The fraction of sp³-hybridized carbons (Fsp3) is 0.188. The smallest absolute Gasteiger partial charge is 0.222 e. The van der Waals surface area contributed by atoms with Crippen LogP contribution in [0, 0.1) is 0 Å². The van der Waals surface area contributed by atoms with Crippen LogP contribution in [-0.2, 0) is 7.05 Å². The molecule has 0 radical (unpaired) electrons. The van der Waals surface area contributed by atoms with E-state index in [1.165, 1.54) is 0 Å². The summed E-state index contributed by atoms with van der Waals surface area (Å²) in [7, 11) is 5.26. The molecule has 0 fully saturated rings. The van der Waals surface area contributed by atoms with Gasteiger partial charge < -0.3 is 10.1 Å². The van der Waals surface area contributed by atoms with Crippen molar-refractivity contribution in [1.29, 1.82) is 0 Å². The Bertz CT molecular complexity index is 846. The van der Waals surface area contributed by atoms with Gasteiger partial charge in [-0.05, 0) is 24.3 Å². The van der Waals surface area contributed by atoms with Gasteiger partial charge in [0.1, 0.15) is 11.4 Å². The molecule has 0 bridgehead atoms. The first-order valence-corrected chi connectivity index (χ1v) is 7.38. The number of hydrogen-bond donors (Lipinski definition) is 1. The Balaban J connectivity index is 2.16. The molecule has 2 heterocycles. The molecule has 0 spiro atoms. The van der Waals surface area contributed by atoms with E-state index in [1.54, 1.807) is 31.1 Å². The first-order chi connectivity index (χ1) is 11.1. The number of rotatable bonds is 4. The number of halogens is 1. The molecular formula is C16H16ClN5O. The molecule has 1 aromatic carbocycles. The Hall–Kier alpha value is -2.60. The minimum absolute atomic E-state index is 0.556. The Morgan fingerprint density at radius 1 is 1.26 bits per heavy atom. The second kappa shape index (κ2) is 6.26. The Labute approximate surface area is 139 Å². The predicted molar refractivity (Wildman–Crippen MR) is 90.8 cm³/mol. The molecule has 1 N–H and O–H groups in total. The summed E-state index contributed by atoms with van der Waals surface area (Å²) in [4.78, 5) is 8.63. The van der Waals surface area contributed by atoms with Gasteiger partial charge in [-0.3, -0.25) is 4.68 Å². The molecule has 2 aromatic heterocycles. The third-order valence-electron chi connectivity index (χ3n) is 3.36. The highest BCUT2D eigenvalue weighted by Gasteiger charge is 2.15. The van der Waals surface area contributed by atoms with E-state index in [2.05, 4.69) is 20.4 Å². The van der Waals surface area contributed by atoms with Gasteiger partial charge in [-0.25, -0.2) is 9.97 Å². The molecule has 0 unspecified atom stereocenters. The van der Waals surface area contributed by atoms with E-state index in [9.17, 15) is 0 Å². The molecular weight excluding hydrogens is 314 g/mol. The highest BCUT2D eigenvalue weighted by Crippen LogP contribution is 2.33. The SMILES string of the molecule is CNc1nccc(-c2cn(C)nc2-c2cc(Cl)cc(OC)c2)n1. The monoisotopic (exact) mass is 329 g/mol. The van der Waals surface area contributed by atoms with E-state index in [-0.39, 0.29) is 0 Å². The molecule has 0 amide bonds. The maximum Gasteiger partial charge on any atom is 0.222 e. The number of methoxy groups -OCH3 is 1. The summed E-state index contributed by atoms with van der Waals surface area (Å²) in [5.41, 5.74) is 3.34. The van der Waals surface area contributed by atoms with E-state index >= 15 is 0 Å². The van der Waals surface area contributed by atoms with E-state index < -0.39 is 0 Å². The number of aryl methyl sites for hydroxylation is 1. The zero-order chi connectivity index (χ0) is 16.4. The van der Waals surface area contributed by atoms with Crippen molar-refractivity contribution in [2.75, 3.05) is 19.5 Å².